The van der Waals surface area contributed by atoms with Crippen LogP contribution in [-0.2, 0) is 11.2 Å². The number of allylic oxidation sites excluding steroid dienone is 2. The molecule has 0 fully saturated rings. The summed E-state index contributed by atoms with van der Waals surface area (Å²) < 4.78 is 0. The zero-order valence-electron chi connectivity index (χ0n) is 17.2. The predicted octanol–water partition coefficient (Wildman–Crippen LogP) is 6.56. The molecule has 0 aliphatic rings. The van der Waals surface area contributed by atoms with Crippen LogP contribution < -0.4 is 5.32 Å². The van der Waals surface area contributed by atoms with Crippen molar-refractivity contribution in [3.05, 3.63) is 84.6 Å². The number of hydrogen-bond donors (Lipinski definition) is 1. The van der Waals surface area contributed by atoms with Gasteiger partial charge < -0.3 is 5.32 Å². The van der Waals surface area contributed by atoms with E-state index in [1.54, 1.807) is 6.20 Å². The van der Waals surface area contributed by atoms with Crippen LogP contribution in [0.25, 0.3) is 10.9 Å². The summed E-state index contributed by atoms with van der Waals surface area (Å²) >= 11 is 0. The molecule has 29 heavy (non-hydrogen) atoms. The van der Waals surface area contributed by atoms with E-state index < -0.39 is 0 Å². The third kappa shape index (κ3) is 6.56. The molecule has 1 heterocycles. The van der Waals surface area contributed by atoms with Crippen molar-refractivity contribution in [1.82, 2.24) is 4.98 Å². The lowest BCUT2D eigenvalue weighted by molar-refractivity contribution is -0.116. The van der Waals surface area contributed by atoms with Crippen LogP contribution in [0.1, 0.15) is 44.6 Å². The summed E-state index contributed by atoms with van der Waals surface area (Å²) in [4.78, 5) is 16.9. The Bertz CT molecular complexity index is 928. The molecule has 1 atom stereocenters. The average molecular weight is 387 g/mol. The number of carbonyl (C=O) groups is 1. The maximum Gasteiger partial charge on any atom is 0.224 e. The van der Waals surface area contributed by atoms with E-state index >= 15 is 0 Å². The molecule has 150 valence electrons. The summed E-state index contributed by atoms with van der Waals surface area (Å²) in [5, 5.41) is 4.09. The number of hydrogen-bond acceptors (Lipinski definition) is 2. The van der Waals surface area contributed by atoms with Gasteiger partial charge in [0.2, 0.25) is 5.91 Å². The van der Waals surface area contributed by atoms with E-state index in [0.717, 1.165) is 48.7 Å². The summed E-state index contributed by atoms with van der Waals surface area (Å²) in [5.74, 6) is 0.612. The smallest absolute Gasteiger partial charge is 0.224 e. The molecule has 0 radical (unpaired) electrons. The van der Waals surface area contributed by atoms with Crippen LogP contribution in [0.15, 0.2) is 79.0 Å². The molecule has 3 heteroatoms. The molecule has 1 amide bonds. The van der Waals surface area contributed by atoms with Gasteiger partial charge in [-0.25, -0.2) is 0 Å². The second kappa shape index (κ2) is 11.2. The SMILES string of the molecule is CCCC(CC=CCc1ccccc1)CCC(=O)Nc1cccc2cccnc12. The van der Waals surface area contributed by atoms with Crippen molar-refractivity contribution >= 4 is 22.5 Å². The fourth-order valence-corrected chi connectivity index (χ4v) is 3.66. The van der Waals surface area contributed by atoms with Crippen LogP contribution in [0.5, 0.6) is 0 Å². The molecule has 1 unspecified atom stereocenters. The molecule has 0 aliphatic carbocycles. The number of nitrogens with zero attached hydrogens (tertiary/aromatic N) is 1. The topological polar surface area (TPSA) is 42.0 Å². The van der Waals surface area contributed by atoms with E-state index in [1.807, 2.05) is 36.4 Å². The fourth-order valence-electron chi connectivity index (χ4n) is 3.66. The largest absolute Gasteiger partial charge is 0.324 e. The van der Waals surface area contributed by atoms with Crippen molar-refractivity contribution < 1.29 is 4.79 Å². The van der Waals surface area contributed by atoms with Crippen molar-refractivity contribution in [3.8, 4) is 0 Å². The molecule has 2 aromatic carbocycles. The number of para-hydroxylation sites is 1. The Morgan fingerprint density at radius 3 is 2.66 bits per heavy atom. The summed E-state index contributed by atoms with van der Waals surface area (Å²) in [5.41, 5.74) is 2.97. The monoisotopic (exact) mass is 386 g/mol. The minimum Gasteiger partial charge on any atom is -0.324 e. The maximum absolute atomic E-state index is 12.5. The molecule has 1 aromatic heterocycles. The lowest BCUT2D eigenvalue weighted by Gasteiger charge is -2.14. The average Bonchev–Trinajstić information content (AvgIpc) is 2.76. The second-order valence-corrected chi connectivity index (χ2v) is 7.52. The molecule has 0 saturated heterocycles. The highest BCUT2D eigenvalue weighted by atomic mass is 16.1. The Labute approximate surface area is 173 Å². The summed E-state index contributed by atoms with van der Waals surface area (Å²) in [7, 11) is 0. The quantitative estimate of drug-likeness (QED) is 0.401. The highest BCUT2D eigenvalue weighted by molar-refractivity contribution is 6.00. The Balaban J connectivity index is 1.49. The van der Waals surface area contributed by atoms with Gasteiger partial charge in [-0.05, 0) is 42.9 Å². The molecule has 0 bridgehead atoms. The number of rotatable bonds is 10. The van der Waals surface area contributed by atoms with E-state index in [0.29, 0.717) is 12.3 Å². The zero-order valence-corrected chi connectivity index (χ0v) is 17.2. The van der Waals surface area contributed by atoms with E-state index in [2.05, 4.69) is 53.6 Å². The fraction of sp³-hybridized carbons (Fsp3) is 0.308. The van der Waals surface area contributed by atoms with Crippen molar-refractivity contribution in [2.75, 3.05) is 5.32 Å². The zero-order chi connectivity index (χ0) is 20.3. The summed E-state index contributed by atoms with van der Waals surface area (Å²) in [6.45, 7) is 2.21. The lowest BCUT2D eigenvalue weighted by atomic mass is 9.94. The highest BCUT2D eigenvalue weighted by Crippen LogP contribution is 2.22. The molecule has 3 aromatic rings. The second-order valence-electron chi connectivity index (χ2n) is 7.52. The van der Waals surface area contributed by atoms with Gasteiger partial charge >= 0.3 is 0 Å². The van der Waals surface area contributed by atoms with Crippen LogP contribution in [0, 0.1) is 5.92 Å². The highest BCUT2D eigenvalue weighted by Gasteiger charge is 2.11. The van der Waals surface area contributed by atoms with E-state index in [9.17, 15) is 4.79 Å². The minimum atomic E-state index is 0.0671. The standard InChI is InChI=1S/C26H30N2O/c1-2-10-21(13-6-7-14-22-11-4-3-5-12-22)18-19-25(29)28-24-17-8-15-23-16-9-20-27-26(23)24/h3-9,11-12,15-17,20-21H,2,10,13-14,18-19H2,1H3,(H,28,29). The number of aromatic nitrogens is 1. The van der Waals surface area contributed by atoms with Crippen LogP contribution >= 0.6 is 0 Å². The molecule has 1 N–H and O–H groups in total. The first kappa shape index (κ1) is 20.8. The summed E-state index contributed by atoms with van der Waals surface area (Å²) in [6.07, 6.45) is 12.0. The van der Waals surface area contributed by atoms with Crippen LogP contribution in [0.4, 0.5) is 5.69 Å². The van der Waals surface area contributed by atoms with Gasteiger partial charge in [-0.2, -0.15) is 0 Å². The number of amides is 1. The molecule has 0 spiro atoms. The molecule has 0 aliphatic heterocycles. The Kier molecular flexibility index (Phi) is 8.00. The van der Waals surface area contributed by atoms with Crippen LogP contribution in [0.3, 0.4) is 0 Å². The molecule has 3 nitrogen and oxygen atoms in total. The third-order valence-electron chi connectivity index (χ3n) is 5.22. The van der Waals surface area contributed by atoms with E-state index in [1.165, 1.54) is 5.56 Å². The maximum atomic E-state index is 12.5. The number of nitrogens with one attached hydrogen (secondary N) is 1. The van der Waals surface area contributed by atoms with Gasteiger partial charge in [0.15, 0.2) is 0 Å². The number of pyridine rings is 1. The van der Waals surface area contributed by atoms with Gasteiger partial charge in [-0.3, -0.25) is 9.78 Å². The summed E-state index contributed by atoms with van der Waals surface area (Å²) in [6, 6.07) is 20.3. The number of fused-ring (bicyclic) bond motifs is 1. The Hall–Kier alpha value is -2.94. The van der Waals surface area contributed by atoms with Gasteiger partial charge in [-0.1, -0.05) is 80.4 Å². The first-order valence-electron chi connectivity index (χ1n) is 10.6. The van der Waals surface area contributed by atoms with Crippen molar-refractivity contribution in [1.29, 1.82) is 0 Å². The first-order valence-corrected chi connectivity index (χ1v) is 10.6. The van der Waals surface area contributed by atoms with Gasteiger partial charge in [0.1, 0.15) is 0 Å². The first-order chi connectivity index (χ1) is 14.3. The van der Waals surface area contributed by atoms with Gasteiger partial charge in [-0.15, -0.1) is 0 Å². The number of benzene rings is 2. The van der Waals surface area contributed by atoms with Crippen molar-refractivity contribution in [3.63, 3.8) is 0 Å². The van der Waals surface area contributed by atoms with E-state index in [-0.39, 0.29) is 5.91 Å². The van der Waals surface area contributed by atoms with Gasteiger partial charge in [0.25, 0.3) is 0 Å². The molecule has 3 rings (SSSR count). The number of carbonyl (C=O) groups excluding carboxylic acids is 1. The Morgan fingerprint density at radius 1 is 1.00 bits per heavy atom. The Morgan fingerprint density at radius 2 is 1.83 bits per heavy atom. The molecular formula is C26H30N2O. The lowest BCUT2D eigenvalue weighted by Crippen LogP contribution is -2.14. The third-order valence-corrected chi connectivity index (χ3v) is 5.22. The van der Waals surface area contributed by atoms with Gasteiger partial charge in [0, 0.05) is 18.0 Å². The normalized spacial score (nSPS) is 12.3. The van der Waals surface area contributed by atoms with Crippen LogP contribution in [-0.4, -0.2) is 10.9 Å². The molecule has 0 saturated carbocycles. The van der Waals surface area contributed by atoms with Crippen molar-refractivity contribution in [2.45, 2.75) is 45.4 Å². The minimum absolute atomic E-state index is 0.0671. The van der Waals surface area contributed by atoms with Crippen molar-refractivity contribution in [2.24, 2.45) is 5.92 Å². The number of anilines is 1. The van der Waals surface area contributed by atoms with E-state index in [4.69, 9.17) is 0 Å². The van der Waals surface area contributed by atoms with Crippen LogP contribution in [0.2, 0.25) is 0 Å². The van der Waals surface area contributed by atoms with Gasteiger partial charge in [0.05, 0.1) is 11.2 Å². The predicted molar refractivity (Wildman–Crippen MR) is 122 cm³/mol. The molecular weight excluding hydrogens is 356 g/mol.